The molecule has 0 aromatic heterocycles. The summed E-state index contributed by atoms with van der Waals surface area (Å²) >= 11 is 0. The van der Waals surface area contributed by atoms with Crippen LogP contribution in [0, 0.1) is 11.8 Å². The van der Waals surface area contributed by atoms with Gasteiger partial charge >= 0.3 is 5.97 Å². The minimum atomic E-state index is -0.394. The predicted molar refractivity (Wildman–Crippen MR) is 73.5 cm³/mol. The zero-order valence-electron chi connectivity index (χ0n) is 11.9. The van der Waals surface area contributed by atoms with E-state index < -0.39 is 5.60 Å². The van der Waals surface area contributed by atoms with Crippen molar-refractivity contribution >= 4 is 5.97 Å². The SMILES string of the molecule is CC(C)(C)OC(=O)C1CC1COCc1ccccc1. The lowest BCUT2D eigenvalue weighted by molar-refractivity contribution is -0.157. The third kappa shape index (κ3) is 4.67. The van der Waals surface area contributed by atoms with Crippen molar-refractivity contribution in [1.82, 2.24) is 0 Å². The van der Waals surface area contributed by atoms with E-state index in [9.17, 15) is 4.79 Å². The smallest absolute Gasteiger partial charge is 0.309 e. The first kappa shape index (κ1) is 14.1. The van der Waals surface area contributed by atoms with Crippen molar-refractivity contribution in [3.05, 3.63) is 35.9 Å². The van der Waals surface area contributed by atoms with Crippen molar-refractivity contribution in [2.45, 2.75) is 39.4 Å². The van der Waals surface area contributed by atoms with Crippen molar-refractivity contribution in [2.24, 2.45) is 11.8 Å². The minimum absolute atomic E-state index is 0.0370. The fourth-order valence-corrected chi connectivity index (χ4v) is 2.00. The monoisotopic (exact) mass is 262 g/mol. The summed E-state index contributed by atoms with van der Waals surface area (Å²) in [6.45, 7) is 6.94. The number of rotatable bonds is 5. The second-order valence-electron chi connectivity index (χ2n) is 6.14. The summed E-state index contributed by atoms with van der Waals surface area (Å²) in [5, 5.41) is 0. The number of carbonyl (C=O) groups excluding carboxylic acids is 1. The number of hydrogen-bond acceptors (Lipinski definition) is 3. The molecule has 1 saturated carbocycles. The quantitative estimate of drug-likeness (QED) is 0.764. The Morgan fingerprint density at radius 3 is 2.58 bits per heavy atom. The Hall–Kier alpha value is -1.35. The minimum Gasteiger partial charge on any atom is -0.460 e. The maximum absolute atomic E-state index is 11.8. The van der Waals surface area contributed by atoms with Gasteiger partial charge in [0.1, 0.15) is 5.60 Å². The van der Waals surface area contributed by atoms with Gasteiger partial charge in [0.05, 0.1) is 19.1 Å². The van der Waals surface area contributed by atoms with Crippen molar-refractivity contribution in [1.29, 1.82) is 0 Å². The van der Waals surface area contributed by atoms with Gasteiger partial charge in [-0.15, -0.1) is 0 Å². The van der Waals surface area contributed by atoms with Crippen LogP contribution in [0.2, 0.25) is 0 Å². The molecule has 0 radical (unpaired) electrons. The maximum Gasteiger partial charge on any atom is 0.309 e. The Balaban J connectivity index is 1.66. The molecule has 0 N–H and O–H groups in total. The molecule has 104 valence electrons. The van der Waals surface area contributed by atoms with Crippen LogP contribution >= 0.6 is 0 Å². The molecule has 1 aromatic rings. The van der Waals surface area contributed by atoms with Gasteiger partial charge in [0.25, 0.3) is 0 Å². The van der Waals surface area contributed by atoms with Crippen molar-refractivity contribution in [3.63, 3.8) is 0 Å². The molecule has 0 heterocycles. The van der Waals surface area contributed by atoms with Crippen LogP contribution < -0.4 is 0 Å². The number of ether oxygens (including phenoxy) is 2. The van der Waals surface area contributed by atoms with E-state index in [1.807, 2.05) is 51.1 Å². The molecule has 1 fully saturated rings. The van der Waals surface area contributed by atoms with E-state index in [4.69, 9.17) is 9.47 Å². The molecule has 2 rings (SSSR count). The summed E-state index contributed by atoms with van der Waals surface area (Å²) in [5.74, 6) is 0.286. The Bertz CT molecular complexity index is 419. The fourth-order valence-electron chi connectivity index (χ4n) is 2.00. The highest BCUT2D eigenvalue weighted by Crippen LogP contribution is 2.40. The van der Waals surface area contributed by atoms with Gasteiger partial charge in [0.2, 0.25) is 0 Å². The lowest BCUT2D eigenvalue weighted by Gasteiger charge is -2.19. The molecule has 0 aliphatic heterocycles. The van der Waals surface area contributed by atoms with Gasteiger partial charge in [0, 0.05) is 0 Å². The Labute approximate surface area is 114 Å². The maximum atomic E-state index is 11.8. The molecule has 1 aliphatic carbocycles. The van der Waals surface area contributed by atoms with Crippen LogP contribution in [0.5, 0.6) is 0 Å². The molecule has 3 nitrogen and oxygen atoms in total. The van der Waals surface area contributed by atoms with Crippen LogP contribution in [0.3, 0.4) is 0 Å². The molecule has 2 atom stereocenters. The summed E-state index contributed by atoms with van der Waals surface area (Å²) in [7, 11) is 0. The van der Waals surface area contributed by atoms with E-state index in [0.29, 0.717) is 19.1 Å². The highest BCUT2D eigenvalue weighted by molar-refractivity contribution is 5.76. The van der Waals surface area contributed by atoms with Gasteiger partial charge in [-0.05, 0) is 38.7 Å². The average molecular weight is 262 g/mol. The van der Waals surface area contributed by atoms with Gasteiger partial charge < -0.3 is 9.47 Å². The largest absolute Gasteiger partial charge is 0.460 e. The summed E-state index contributed by atoms with van der Waals surface area (Å²) in [4.78, 5) is 11.8. The summed E-state index contributed by atoms with van der Waals surface area (Å²) in [6, 6.07) is 10.1. The predicted octanol–water partition coefficient (Wildman–Crippen LogP) is 3.18. The van der Waals surface area contributed by atoms with Gasteiger partial charge in [-0.25, -0.2) is 0 Å². The number of hydrogen-bond donors (Lipinski definition) is 0. The molecule has 1 aromatic carbocycles. The van der Waals surface area contributed by atoms with Crippen LogP contribution in [0.4, 0.5) is 0 Å². The standard InChI is InChI=1S/C16H22O3/c1-16(2,3)19-15(17)14-9-13(14)11-18-10-12-7-5-4-6-8-12/h4-8,13-14H,9-11H2,1-3H3. The van der Waals surface area contributed by atoms with Crippen LogP contribution in [-0.2, 0) is 20.9 Å². The van der Waals surface area contributed by atoms with E-state index >= 15 is 0 Å². The Morgan fingerprint density at radius 1 is 1.26 bits per heavy atom. The zero-order valence-corrected chi connectivity index (χ0v) is 11.9. The second kappa shape index (κ2) is 5.74. The molecule has 19 heavy (non-hydrogen) atoms. The number of benzene rings is 1. The number of esters is 1. The number of carbonyl (C=O) groups is 1. The van der Waals surface area contributed by atoms with Gasteiger partial charge in [-0.3, -0.25) is 4.79 Å². The first-order chi connectivity index (χ1) is 8.96. The summed E-state index contributed by atoms with van der Waals surface area (Å²) in [6.07, 6.45) is 0.893. The molecule has 3 heteroatoms. The van der Waals surface area contributed by atoms with E-state index in [2.05, 4.69) is 0 Å². The van der Waals surface area contributed by atoms with Gasteiger partial charge in [-0.2, -0.15) is 0 Å². The molecule has 0 spiro atoms. The highest BCUT2D eigenvalue weighted by Gasteiger charge is 2.45. The van der Waals surface area contributed by atoms with Crippen LogP contribution in [0.1, 0.15) is 32.8 Å². The van der Waals surface area contributed by atoms with Crippen LogP contribution in [0.15, 0.2) is 30.3 Å². The van der Waals surface area contributed by atoms with Crippen molar-refractivity contribution in [3.8, 4) is 0 Å². The molecule has 1 aliphatic rings. The first-order valence-electron chi connectivity index (χ1n) is 6.80. The van der Waals surface area contributed by atoms with E-state index in [-0.39, 0.29) is 11.9 Å². The topological polar surface area (TPSA) is 35.5 Å². The van der Waals surface area contributed by atoms with Crippen molar-refractivity contribution in [2.75, 3.05) is 6.61 Å². The first-order valence-corrected chi connectivity index (χ1v) is 6.80. The lowest BCUT2D eigenvalue weighted by Crippen LogP contribution is -2.25. The van der Waals surface area contributed by atoms with Crippen LogP contribution in [-0.4, -0.2) is 18.2 Å². The average Bonchev–Trinajstić information content (AvgIpc) is 3.08. The molecule has 0 bridgehead atoms. The van der Waals surface area contributed by atoms with Crippen LogP contribution in [0.25, 0.3) is 0 Å². The molecule has 0 amide bonds. The summed E-state index contributed by atoms with van der Waals surface area (Å²) in [5.41, 5.74) is 0.770. The molecular weight excluding hydrogens is 240 g/mol. The van der Waals surface area contributed by atoms with Gasteiger partial charge in [0.15, 0.2) is 0 Å². The third-order valence-corrected chi connectivity index (χ3v) is 3.08. The fraction of sp³-hybridized carbons (Fsp3) is 0.562. The summed E-state index contributed by atoms with van der Waals surface area (Å²) < 4.78 is 11.0. The van der Waals surface area contributed by atoms with Gasteiger partial charge in [-0.1, -0.05) is 30.3 Å². The van der Waals surface area contributed by atoms with E-state index in [1.165, 1.54) is 0 Å². The molecule has 0 saturated heterocycles. The molecular formula is C16H22O3. The van der Waals surface area contributed by atoms with Crippen molar-refractivity contribution < 1.29 is 14.3 Å². The Morgan fingerprint density at radius 2 is 1.95 bits per heavy atom. The lowest BCUT2D eigenvalue weighted by atomic mass is 10.2. The van der Waals surface area contributed by atoms with E-state index in [1.54, 1.807) is 0 Å². The third-order valence-electron chi connectivity index (χ3n) is 3.08. The molecule has 2 unspecified atom stereocenters. The Kier molecular flexibility index (Phi) is 4.25. The van der Waals surface area contributed by atoms with E-state index in [0.717, 1.165) is 12.0 Å². The second-order valence-corrected chi connectivity index (χ2v) is 6.14. The zero-order chi connectivity index (χ0) is 13.9. The highest BCUT2D eigenvalue weighted by atomic mass is 16.6. The normalized spacial score (nSPS) is 22.1.